The number of fused-ring (bicyclic) bond motifs is 1. The average Bonchev–Trinajstić information content (AvgIpc) is 2.72. The van der Waals surface area contributed by atoms with E-state index in [1.807, 2.05) is 18.2 Å². The number of pyridine rings is 2. The van der Waals surface area contributed by atoms with Gasteiger partial charge in [0.25, 0.3) is 0 Å². The topological polar surface area (TPSA) is 80.5 Å². The van der Waals surface area contributed by atoms with Crippen molar-refractivity contribution in [3.05, 3.63) is 36.8 Å². The highest BCUT2D eigenvalue weighted by Gasteiger charge is 2.05. The van der Waals surface area contributed by atoms with Crippen LogP contribution in [0.5, 0.6) is 0 Å². The van der Waals surface area contributed by atoms with Gasteiger partial charge >= 0.3 is 0 Å². The molecule has 3 heterocycles. The summed E-state index contributed by atoms with van der Waals surface area (Å²) in [5.74, 6) is 0.535. The van der Waals surface area contributed by atoms with Crippen LogP contribution in [-0.2, 0) is 0 Å². The van der Waals surface area contributed by atoms with Gasteiger partial charge < -0.3 is 5.73 Å². The molecule has 0 bridgehead atoms. The molecule has 3 rings (SSSR count). The van der Waals surface area contributed by atoms with Gasteiger partial charge in [-0.1, -0.05) is 6.07 Å². The molecular weight excluding hydrogens is 202 g/mol. The molecule has 0 saturated heterocycles. The van der Waals surface area contributed by atoms with Crippen LogP contribution in [0.15, 0.2) is 36.8 Å². The molecule has 0 aliphatic rings. The van der Waals surface area contributed by atoms with E-state index in [-0.39, 0.29) is 0 Å². The third kappa shape index (κ3) is 1.30. The third-order valence-electron chi connectivity index (χ3n) is 2.43. The van der Waals surface area contributed by atoms with Gasteiger partial charge in [0.1, 0.15) is 5.82 Å². The SMILES string of the molecule is Nc1[nH]nc2ncc(-c3cccnc3)cc12. The van der Waals surface area contributed by atoms with Crippen LogP contribution in [0.3, 0.4) is 0 Å². The minimum Gasteiger partial charge on any atom is -0.384 e. The van der Waals surface area contributed by atoms with E-state index in [1.54, 1.807) is 18.6 Å². The molecule has 5 heteroatoms. The maximum atomic E-state index is 5.75. The second-order valence-electron chi connectivity index (χ2n) is 3.47. The Balaban J connectivity index is 2.22. The van der Waals surface area contributed by atoms with E-state index in [9.17, 15) is 0 Å². The molecular formula is C11H9N5. The highest BCUT2D eigenvalue weighted by Crippen LogP contribution is 2.23. The first-order valence-corrected chi connectivity index (χ1v) is 4.84. The summed E-state index contributed by atoms with van der Waals surface area (Å²) in [5.41, 5.74) is 8.37. The van der Waals surface area contributed by atoms with E-state index in [0.717, 1.165) is 16.5 Å². The Hall–Kier alpha value is -2.43. The summed E-state index contributed by atoms with van der Waals surface area (Å²) in [4.78, 5) is 8.30. The van der Waals surface area contributed by atoms with E-state index in [2.05, 4.69) is 20.2 Å². The smallest absolute Gasteiger partial charge is 0.183 e. The van der Waals surface area contributed by atoms with Crippen molar-refractivity contribution in [3.63, 3.8) is 0 Å². The summed E-state index contributed by atoms with van der Waals surface area (Å²) in [6, 6.07) is 5.82. The van der Waals surface area contributed by atoms with E-state index in [1.165, 1.54) is 0 Å². The Kier molecular flexibility index (Phi) is 1.83. The number of rotatable bonds is 1. The molecule has 0 saturated carbocycles. The van der Waals surface area contributed by atoms with E-state index in [4.69, 9.17) is 5.73 Å². The molecule has 0 unspecified atom stereocenters. The van der Waals surface area contributed by atoms with Gasteiger partial charge in [0.2, 0.25) is 0 Å². The molecule has 3 aromatic rings. The molecule has 0 aliphatic heterocycles. The number of aromatic nitrogens is 4. The summed E-state index contributed by atoms with van der Waals surface area (Å²) in [6.07, 6.45) is 5.29. The summed E-state index contributed by atoms with van der Waals surface area (Å²) >= 11 is 0. The lowest BCUT2D eigenvalue weighted by Gasteiger charge is -1.99. The Morgan fingerprint density at radius 2 is 2.12 bits per heavy atom. The van der Waals surface area contributed by atoms with Crippen molar-refractivity contribution in [1.82, 2.24) is 20.2 Å². The Bertz CT molecular complexity index is 629. The number of nitrogens with zero attached hydrogens (tertiary/aromatic N) is 3. The van der Waals surface area contributed by atoms with Gasteiger partial charge in [-0.15, -0.1) is 0 Å². The number of H-pyrrole nitrogens is 1. The van der Waals surface area contributed by atoms with Gasteiger partial charge in [-0.05, 0) is 12.1 Å². The molecule has 0 spiro atoms. The first-order chi connectivity index (χ1) is 7.84. The predicted octanol–water partition coefficient (Wildman–Crippen LogP) is 1.60. The van der Waals surface area contributed by atoms with Crippen molar-refractivity contribution >= 4 is 16.9 Å². The molecule has 0 atom stereocenters. The standard InChI is InChI=1S/C11H9N5/c12-10-9-4-8(6-14-11(9)16-15-10)7-2-1-3-13-5-7/h1-6H,(H3,12,14,15,16). The predicted molar refractivity (Wildman–Crippen MR) is 61.5 cm³/mol. The zero-order valence-corrected chi connectivity index (χ0v) is 8.38. The summed E-state index contributed by atoms with van der Waals surface area (Å²) in [6.45, 7) is 0. The van der Waals surface area contributed by atoms with Crippen molar-refractivity contribution in [2.75, 3.05) is 5.73 Å². The van der Waals surface area contributed by atoms with Gasteiger partial charge in [-0.25, -0.2) is 4.98 Å². The number of aromatic amines is 1. The number of anilines is 1. The molecule has 0 amide bonds. The van der Waals surface area contributed by atoms with Crippen LogP contribution in [0.25, 0.3) is 22.2 Å². The van der Waals surface area contributed by atoms with Crippen LogP contribution in [0.1, 0.15) is 0 Å². The Morgan fingerprint density at radius 1 is 1.19 bits per heavy atom. The molecule has 0 fully saturated rings. The number of nitrogens with two attached hydrogens (primary N) is 1. The van der Waals surface area contributed by atoms with Crippen LogP contribution < -0.4 is 5.73 Å². The maximum Gasteiger partial charge on any atom is 0.183 e. The minimum absolute atomic E-state index is 0.535. The Morgan fingerprint density at radius 3 is 2.94 bits per heavy atom. The maximum absolute atomic E-state index is 5.75. The van der Waals surface area contributed by atoms with Crippen LogP contribution >= 0.6 is 0 Å². The largest absolute Gasteiger partial charge is 0.384 e. The number of nitrogen functional groups attached to an aromatic ring is 1. The zero-order chi connectivity index (χ0) is 11.0. The lowest BCUT2D eigenvalue weighted by Crippen LogP contribution is -1.85. The zero-order valence-electron chi connectivity index (χ0n) is 8.38. The molecule has 3 aromatic heterocycles. The number of nitrogens with one attached hydrogen (secondary N) is 1. The molecule has 0 aliphatic carbocycles. The lowest BCUT2D eigenvalue weighted by molar-refractivity contribution is 1.10. The normalized spacial score (nSPS) is 10.8. The van der Waals surface area contributed by atoms with E-state index >= 15 is 0 Å². The third-order valence-corrected chi connectivity index (χ3v) is 2.43. The molecule has 0 aromatic carbocycles. The quantitative estimate of drug-likeness (QED) is 0.640. The van der Waals surface area contributed by atoms with Gasteiger partial charge in [0.15, 0.2) is 5.65 Å². The van der Waals surface area contributed by atoms with Crippen molar-refractivity contribution in [2.24, 2.45) is 0 Å². The monoisotopic (exact) mass is 211 g/mol. The first kappa shape index (κ1) is 8.84. The fourth-order valence-electron chi connectivity index (χ4n) is 1.61. The lowest BCUT2D eigenvalue weighted by atomic mass is 10.1. The van der Waals surface area contributed by atoms with Gasteiger partial charge in [-0.3, -0.25) is 10.1 Å². The van der Waals surface area contributed by atoms with E-state index in [0.29, 0.717) is 11.5 Å². The van der Waals surface area contributed by atoms with Crippen LogP contribution in [0, 0.1) is 0 Å². The second-order valence-corrected chi connectivity index (χ2v) is 3.47. The van der Waals surface area contributed by atoms with Crippen molar-refractivity contribution in [2.45, 2.75) is 0 Å². The van der Waals surface area contributed by atoms with Gasteiger partial charge in [0, 0.05) is 29.7 Å². The highest BCUT2D eigenvalue weighted by molar-refractivity contribution is 5.89. The fraction of sp³-hybridized carbons (Fsp3) is 0. The van der Waals surface area contributed by atoms with Crippen LogP contribution in [-0.4, -0.2) is 20.2 Å². The van der Waals surface area contributed by atoms with Crippen molar-refractivity contribution < 1.29 is 0 Å². The van der Waals surface area contributed by atoms with Crippen LogP contribution in [0.4, 0.5) is 5.82 Å². The minimum atomic E-state index is 0.535. The molecule has 16 heavy (non-hydrogen) atoms. The Labute approximate surface area is 91.3 Å². The molecule has 3 N–H and O–H groups in total. The van der Waals surface area contributed by atoms with Crippen LogP contribution in [0.2, 0.25) is 0 Å². The molecule has 5 nitrogen and oxygen atoms in total. The summed E-state index contributed by atoms with van der Waals surface area (Å²) < 4.78 is 0. The average molecular weight is 211 g/mol. The van der Waals surface area contributed by atoms with Gasteiger partial charge in [0.05, 0.1) is 5.39 Å². The number of hydrogen-bond acceptors (Lipinski definition) is 4. The first-order valence-electron chi connectivity index (χ1n) is 4.84. The molecule has 0 radical (unpaired) electrons. The highest BCUT2D eigenvalue weighted by atomic mass is 15.2. The van der Waals surface area contributed by atoms with Crippen molar-refractivity contribution in [1.29, 1.82) is 0 Å². The van der Waals surface area contributed by atoms with Gasteiger partial charge in [-0.2, -0.15) is 5.10 Å². The fourth-order valence-corrected chi connectivity index (χ4v) is 1.61. The molecule has 78 valence electrons. The summed E-state index contributed by atoms with van der Waals surface area (Å²) in [5, 5.41) is 7.52. The second kappa shape index (κ2) is 3.30. The summed E-state index contributed by atoms with van der Waals surface area (Å²) in [7, 11) is 0. The number of hydrogen-bond donors (Lipinski definition) is 2. The van der Waals surface area contributed by atoms with Crippen molar-refractivity contribution in [3.8, 4) is 11.1 Å². The van der Waals surface area contributed by atoms with E-state index < -0.39 is 0 Å².